The molecule has 0 saturated carbocycles. The molecule has 0 aliphatic carbocycles. The lowest BCUT2D eigenvalue weighted by Gasteiger charge is -2.17. The molecule has 0 amide bonds. The molecule has 0 bridgehead atoms. The molecule has 0 saturated heterocycles. The first-order valence-electron chi connectivity index (χ1n) is 5.65. The summed E-state index contributed by atoms with van der Waals surface area (Å²) < 4.78 is 1.77. The second kappa shape index (κ2) is 4.30. The quantitative estimate of drug-likeness (QED) is 0.877. The maximum atomic E-state index is 9.85. The van der Waals surface area contributed by atoms with E-state index in [1.165, 1.54) is 5.56 Å². The molecule has 0 unspecified atom stereocenters. The van der Waals surface area contributed by atoms with Crippen LogP contribution in [0.25, 0.3) is 5.69 Å². The molecule has 0 radical (unpaired) electrons. The fourth-order valence-corrected chi connectivity index (χ4v) is 1.80. The Kier molecular flexibility index (Phi) is 2.98. The molecular formula is C13H17N3O. The molecule has 1 heterocycles. The standard InChI is InChI=1S/C13H17N3O/c1-10-5-4-6-11(7-10)16-12(9-14-15-16)8-13(2,3)17/h4-7,9,17H,8H2,1-3H3. The summed E-state index contributed by atoms with van der Waals surface area (Å²) in [6, 6.07) is 8.05. The van der Waals surface area contributed by atoms with E-state index in [1.807, 2.05) is 31.2 Å². The van der Waals surface area contributed by atoms with Crippen LogP contribution < -0.4 is 0 Å². The van der Waals surface area contributed by atoms with Crippen molar-refractivity contribution in [3.8, 4) is 5.69 Å². The molecular weight excluding hydrogens is 214 g/mol. The van der Waals surface area contributed by atoms with Crippen molar-refractivity contribution in [2.45, 2.75) is 32.8 Å². The van der Waals surface area contributed by atoms with Crippen LogP contribution >= 0.6 is 0 Å². The minimum absolute atomic E-state index is 0.522. The zero-order valence-electron chi connectivity index (χ0n) is 10.4. The number of rotatable bonds is 3. The monoisotopic (exact) mass is 231 g/mol. The molecule has 1 aromatic heterocycles. The van der Waals surface area contributed by atoms with Crippen molar-refractivity contribution in [3.63, 3.8) is 0 Å². The van der Waals surface area contributed by atoms with Gasteiger partial charge in [0, 0.05) is 6.42 Å². The third-order valence-electron chi connectivity index (χ3n) is 2.48. The minimum atomic E-state index is -0.761. The highest BCUT2D eigenvalue weighted by molar-refractivity contribution is 5.35. The highest BCUT2D eigenvalue weighted by atomic mass is 16.3. The van der Waals surface area contributed by atoms with Gasteiger partial charge < -0.3 is 5.11 Å². The smallest absolute Gasteiger partial charge is 0.0730 e. The maximum absolute atomic E-state index is 9.85. The van der Waals surface area contributed by atoms with Crippen LogP contribution in [0.5, 0.6) is 0 Å². The summed E-state index contributed by atoms with van der Waals surface area (Å²) in [6.07, 6.45) is 2.22. The van der Waals surface area contributed by atoms with Crippen molar-refractivity contribution in [2.75, 3.05) is 0 Å². The number of benzene rings is 1. The topological polar surface area (TPSA) is 50.9 Å². The maximum Gasteiger partial charge on any atom is 0.0730 e. The van der Waals surface area contributed by atoms with Gasteiger partial charge in [-0.2, -0.15) is 0 Å². The van der Waals surface area contributed by atoms with Gasteiger partial charge in [0.2, 0.25) is 0 Å². The lowest BCUT2D eigenvalue weighted by atomic mass is 10.0. The Morgan fingerprint density at radius 2 is 2.12 bits per heavy atom. The first-order chi connectivity index (χ1) is 7.96. The minimum Gasteiger partial charge on any atom is -0.390 e. The van der Waals surface area contributed by atoms with Gasteiger partial charge in [0.05, 0.1) is 23.2 Å². The molecule has 0 spiro atoms. The van der Waals surface area contributed by atoms with E-state index in [0.717, 1.165) is 11.4 Å². The Bertz CT molecular complexity index is 511. The number of aromatic nitrogens is 3. The number of hydrogen-bond acceptors (Lipinski definition) is 3. The van der Waals surface area contributed by atoms with Crippen LogP contribution in [0.1, 0.15) is 25.1 Å². The predicted molar refractivity (Wildman–Crippen MR) is 66.1 cm³/mol. The Morgan fingerprint density at radius 1 is 1.35 bits per heavy atom. The average Bonchev–Trinajstić information content (AvgIpc) is 2.63. The normalized spacial score (nSPS) is 11.8. The van der Waals surface area contributed by atoms with E-state index in [2.05, 4.69) is 10.3 Å². The van der Waals surface area contributed by atoms with E-state index in [9.17, 15) is 5.11 Å². The van der Waals surface area contributed by atoms with Crippen LogP contribution in [-0.2, 0) is 6.42 Å². The summed E-state index contributed by atoms with van der Waals surface area (Å²) in [5.74, 6) is 0. The summed E-state index contributed by atoms with van der Waals surface area (Å²) in [4.78, 5) is 0. The summed E-state index contributed by atoms with van der Waals surface area (Å²) >= 11 is 0. The van der Waals surface area contributed by atoms with Gasteiger partial charge in [-0.1, -0.05) is 17.3 Å². The van der Waals surface area contributed by atoms with Crippen molar-refractivity contribution in [1.82, 2.24) is 15.0 Å². The van der Waals surface area contributed by atoms with Crippen LogP contribution in [0.2, 0.25) is 0 Å². The first-order valence-corrected chi connectivity index (χ1v) is 5.65. The molecule has 1 N–H and O–H groups in total. The van der Waals surface area contributed by atoms with Crippen molar-refractivity contribution < 1.29 is 5.11 Å². The summed E-state index contributed by atoms with van der Waals surface area (Å²) in [6.45, 7) is 5.59. The Hall–Kier alpha value is -1.68. The Morgan fingerprint density at radius 3 is 2.76 bits per heavy atom. The van der Waals surface area contributed by atoms with Gasteiger partial charge in [0.1, 0.15) is 0 Å². The molecule has 90 valence electrons. The van der Waals surface area contributed by atoms with E-state index in [1.54, 1.807) is 24.7 Å². The molecule has 1 aromatic carbocycles. The fraction of sp³-hybridized carbons (Fsp3) is 0.385. The summed E-state index contributed by atoms with van der Waals surface area (Å²) in [7, 11) is 0. The van der Waals surface area contributed by atoms with Gasteiger partial charge in [-0.15, -0.1) is 5.10 Å². The molecule has 4 nitrogen and oxygen atoms in total. The molecule has 2 aromatic rings. The van der Waals surface area contributed by atoms with Gasteiger partial charge >= 0.3 is 0 Å². The lowest BCUT2D eigenvalue weighted by Crippen LogP contribution is -2.23. The van der Waals surface area contributed by atoms with E-state index < -0.39 is 5.60 Å². The Labute approximate surface area is 101 Å². The van der Waals surface area contributed by atoms with Crippen molar-refractivity contribution in [1.29, 1.82) is 0 Å². The van der Waals surface area contributed by atoms with E-state index in [4.69, 9.17) is 0 Å². The van der Waals surface area contributed by atoms with Crippen LogP contribution in [-0.4, -0.2) is 25.7 Å². The number of hydrogen-bond donors (Lipinski definition) is 1. The third kappa shape index (κ3) is 2.91. The number of aliphatic hydroxyl groups is 1. The molecule has 0 aliphatic rings. The SMILES string of the molecule is Cc1cccc(-n2nncc2CC(C)(C)O)c1. The number of aryl methyl sites for hydroxylation is 1. The molecule has 0 aliphatic heterocycles. The highest BCUT2D eigenvalue weighted by Gasteiger charge is 2.17. The summed E-state index contributed by atoms with van der Waals surface area (Å²) in [5, 5.41) is 17.8. The zero-order valence-corrected chi connectivity index (χ0v) is 10.4. The lowest BCUT2D eigenvalue weighted by molar-refractivity contribution is 0.0793. The molecule has 4 heteroatoms. The first kappa shape index (κ1) is 11.8. The average molecular weight is 231 g/mol. The van der Waals surface area contributed by atoms with Crippen LogP contribution in [0.4, 0.5) is 0 Å². The van der Waals surface area contributed by atoms with Gasteiger partial charge in [-0.3, -0.25) is 0 Å². The number of nitrogens with zero attached hydrogens (tertiary/aromatic N) is 3. The second-order valence-corrected chi connectivity index (χ2v) is 4.97. The van der Waals surface area contributed by atoms with Gasteiger partial charge in [-0.05, 0) is 38.5 Å². The third-order valence-corrected chi connectivity index (χ3v) is 2.48. The van der Waals surface area contributed by atoms with Crippen LogP contribution in [0.3, 0.4) is 0 Å². The molecule has 0 fully saturated rings. The Balaban J connectivity index is 2.37. The highest BCUT2D eigenvalue weighted by Crippen LogP contribution is 2.16. The van der Waals surface area contributed by atoms with Crippen molar-refractivity contribution >= 4 is 0 Å². The van der Waals surface area contributed by atoms with E-state index in [-0.39, 0.29) is 0 Å². The molecule has 0 atom stereocenters. The molecule has 2 rings (SSSR count). The van der Waals surface area contributed by atoms with Gasteiger partial charge in [0.25, 0.3) is 0 Å². The fourth-order valence-electron chi connectivity index (χ4n) is 1.80. The van der Waals surface area contributed by atoms with Crippen LogP contribution in [0.15, 0.2) is 30.5 Å². The summed E-state index contributed by atoms with van der Waals surface area (Å²) in [5.41, 5.74) is 2.29. The van der Waals surface area contributed by atoms with Crippen molar-refractivity contribution in [2.24, 2.45) is 0 Å². The van der Waals surface area contributed by atoms with E-state index in [0.29, 0.717) is 6.42 Å². The zero-order chi connectivity index (χ0) is 12.5. The van der Waals surface area contributed by atoms with E-state index >= 15 is 0 Å². The largest absolute Gasteiger partial charge is 0.390 e. The predicted octanol–water partition coefficient (Wildman–Crippen LogP) is 1.89. The van der Waals surface area contributed by atoms with Gasteiger partial charge in [0.15, 0.2) is 0 Å². The second-order valence-electron chi connectivity index (χ2n) is 4.97. The molecule has 17 heavy (non-hydrogen) atoms. The van der Waals surface area contributed by atoms with Crippen LogP contribution in [0, 0.1) is 6.92 Å². The van der Waals surface area contributed by atoms with Crippen molar-refractivity contribution in [3.05, 3.63) is 41.7 Å². The van der Waals surface area contributed by atoms with Gasteiger partial charge in [-0.25, -0.2) is 4.68 Å².